The number of rotatable bonds is 4. The molecule has 0 spiro atoms. The van der Waals surface area contributed by atoms with Crippen molar-refractivity contribution >= 4 is 34.5 Å². The average Bonchev–Trinajstić information content (AvgIpc) is 2.82. The predicted molar refractivity (Wildman–Crippen MR) is 76.1 cm³/mol. The van der Waals surface area contributed by atoms with E-state index >= 15 is 0 Å². The zero-order chi connectivity index (χ0) is 14.5. The lowest BCUT2D eigenvalue weighted by Crippen LogP contribution is -2.35. The van der Waals surface area contributed by atoms with Gasteiger partial charge >= 0.3 is 0 Å². The number of para-hydroxylation sites is 1. The topological polar surface area (TPSA) is 89.3 Å². The molecule has 1 unspecified atom stereocenters. The molecule has 1 N–H and O–H groups in total. The van der Waals surface area contributed by atoms with Gasteiger partial charge in [0, 0.05) is 17.9 Å². The van der Waals surface area contributed by atoms with Crippen molar-refractivity contribution in [2.45, 2.75) is 12.5 Å². The first-order chi connectivity index (χ1) is 9.58. The first kappa shape index (κ1) is 14.3. The maximum absolute atomic E-state index is 11.7. The van der Waals surface area contributed by atoms with Gasteiger partial charge in [-0.2, -0.15) is 0 Å². The van der Waals surface area contributed by atoms with Gasteiger partial charge in [0.1, 0.15) is 0 Å². The van der Waals surface area contributed by atoms with Gasteiger partial charge in [-0.3, -0.25) is 19.7 Å². The number of nitrogens with one attached hydrogen (secondary N) is 1. The third kappa shape index (κ3) is 3.45. The highest BCUT2D eigenvalue weighted by atomic mass is 32.2. The molecule has 0 saturated carbocycles. The predicted octanol–water partition coefficient (Wildman–Crippen LogP) is 1.76. The second-order valence-corrected chi connectivity index (χ2v) is 5.27. The molecule has 20 heavy (non-hydrogen) atoms. The molecule has 1 atom stereocenters. The number of amides is 1. The first-order valence-electron chi connectivity index (χ1n) is 5.96. The van der Waals surface area contributed by atoms with Gasteiger partial charge in [0.25, 0.3) is 5.69 Å². The summed E-state index contributed by atoms with van der Waals surface area (Å²) < 4.78 is 0. The monoisotopic (exact) mass is 292 g/mol. The van der Waals surface area contributed by atoms with E-state index < -0.39 is 16.9 Å². The van der Waals surface area contributed by atoms with E-state index in [1.807, 2.05) is 0 Å². The van der Waals surface area contributed by atoms with Crippen LogP contribution in [0.15, 0.2) is 30.3 Å². The maximum atomic E-state index is 11.7. The molecule has 1 heterocycles. The van der Waals surface area contributed by atoms with Crippen LogP contribution in [0.1, 0.15) is 12.0 Å². The average molecular weight is 292 g/mol. The first-order valence-corrected chi connectivity index (χ1v) is 6.95. The van der Waals surface area contributed by atoms with Crippen LogP contribution in [0.3, 0.4) is 0 Å². The largest absolute Gasteiger partial charge is 0.342 e. The molecule has 0 aromatic heterocycles. The SMILES string of the molecule is O=C(C=Cc1ccccc1[N+](=O)[O-])NC1CCSC1=O. The van der Waals surface area contributed by atoms with Crippen LogP contribution in [0.5, 0.6) is 0 Å². The van der Waals surface area contributed by atoms with E-state index in [1.54, 1.807) is 18.2 Å². The molecule has 1 saturated heterocycles. The van der Waals surface area contributed by atoms with Gasteiger partial charge in [0.15, 0.2) is 0 Å². The molecule has 0 bridgehead atoms. The van der Waals surface area contributed by atoms with Crippen molar-refractivity contribution in [3.63, 3.8) is 0 Å². The van der Waals surface area contributed by atoms with Gasteiger partial charge in [0.2, 0.25) is 11.0 Å². The van der Waals surface area contributed by atoms with Crippen LogP contribution >= 0.6 is 11.8 Å². The number of nitrogens with zero attached hydrogens (tertiary/aromatic N) is 1. The Balaban J connectivity index is 2.04. The van der Waals surface area contributed by atoms with E-state index in [4.69, 9.17) is 0 Å². The van der Waals surface area contributed by atoms with Crippen LogP contribution in [-0.4, -0.2) is 27.7 Å². The molecule has 1 aliphatic rings. The fourth-order valence-electron chi connectivity index (χ4n) is 1.81. The second kappa shape index (κ2) is 6.33. The smallest absolute Gasteiger partial charge is 0.276 e. The molecule has 7 heteroatoms. The van der Waals surface area contributed by atoms with Gasteiger partial charge in [-0.1, -0.05) is 23.9 Å². The van der Waals surface area contributed by atoms with Crippen LogP contribution in [0.2, 0.25) is 0 Å². The maximum Gasteiger partial charge on any atom is 0.276 e. The zero-order valence-electron chi connectivity index (χ0n) is 10.4. The van der Waals surface area contributed by atoms with Crippen molar-refractivity contribution in [2.75, 3.05) is 5.75 Å². The highest BCUT2D eigenvalue weighted by molar-refractivity contribution is 8.14. The van der Waals surface area contributed by atoms with E-state index in [0.29, 0.717) is 17.7 Å². The molecule has 0 aliphatic carbocycles. The summed E-state index contributed by atoms with van der Waals surface area (Å²) in [6, 6.07) is 5.68. The van der Waals surface area contributed by atoms with Gasteiger partial charge < -0.3 is 5.32 Å². The summed E-state index contributed by atoms with van der Waals surface area (Å²) in [4.78, 5) is 33.3. The Morgan fingerprint density at radius 3 is 2.85 bits per heavy atom. The molecule has 1 aromatic carbocycles. The fourth-order valence-corrected chi connectivity index (χ4v) is 2.74. The van der Waals surface area contributed by atoms with Crippen molar-refractivity contribution in [1.82, 2.24) is 5.32 Å². The number of carbonyl (C=O) groups is 2. The van der Waals surface area contributed by atoms with Gasteiger partial charge in [0.05, 0.1) is 16.5 Å². The second-order valence-electron chi connectivity index (χ2n) is 4.17. The molecule has 1 amide bonds. The number of carbonyl (C=O) groups excluding carboxylic acids is 2. The molecule has 1 aromatic rings. The van der Waals surface area contributed by atoms with Crippen molar-refractivity contribution in [3.8, 4) is 0 Å². The number of benzene rings is 1. The number of hydrogen-bond donors (Lipinski definition) is 1. The van der Waals surface area contributed by atoms with Crippen molar-refractivity contribution in [1.29, 1.82) is 0 Å². The molecular weight excluding hydrogens is 280 g/mol. The molecule has 1 aliphatic heterocycles. The highest BCUT2D eigenvalue weighted by Gasteiger charge is 2.26. The third-order valence-corrected chi connectivity index (χ3v) is 3.81. The summed E-state index contributed by atoms with van der Waals surface area (Å²) in [5, 5.41) is 13.3. The summed E-state index contributed by atoms with van der Waals surface area (Å²) in [5.41, 5.74) is 0.281. The molecule has 1 fully saturated rings. The third-order valence-electron chi connectivity index (χ3n) is 2.80. The molecular formula is C13H12N2O4S. The Kier molecular flexibility index (Phi) is 4.52. The van der Waals surface area contributed by atoms with Gasteiger partial charge in [-0.15, -0.1) is 0 Å². The van der Waals surface area contributed by atoms with Crippen molar-refractivity contribution in [2.24, 2.45) is 0 Å². The van der Waals surface area contributed by atoms with Gasteiger partial charge in [-0.05, 0) is 18.6 Å². The highest BCUT2D eigenvalue weighted by Crippen LogP contribution is 2.20. The molecule has 0 radical (unpaired) electrons. The Bertz CT molecular complexity index is 585. The molecule has 6 nitrogen and oxygen atoms in total. The van der Waals surface area contributed by atoms with E-state index in [2.05, 4.69) is 5.32 Å². The van der Waals surface area contributed by atoms with Crippen LogP contribution in [0, 0.1) is 10.1 Å². The van der Waals surface area contributed by atoms with E-state index in [-0.39, 0.29) is 10.8 Å². The Morgan fingerprint density at radius 1 is 1.45 bits per heavy atom. The Labute approximate surface area is 119 Å². The summed E-state index contributed by atoms with van der Waals surface area (Å²) in [7, 11) is 0. The Hall–Kier alpha value is -2.15. The van der Waals surface area contributed by atoms with Crippen LogP contribution in [0.4, 0.5) is 5.69 Å². The quantitative estimate of drug-likeness (QED) is 0.519. The Morgan fingerprint density at radius 2 is 2.20 bits per heavy atom. The van der Waals surface area contributed by atoms with E-state index in [9.17, 15) is 19.7 Å². The number of nitro benzene ring substituents is 1. The minimum atomic E-state index is -0.505. The lowest BCUT2D eigenvalue weighted by molar-refractivity contribution is -0.385. The van der Waals surface area contributed by atoms with Crippen molar-refractivity contribution < 1.29 is 14.5 Å². The molecule has 104 valence electrons. The minimum absolute atomic E-state index is 0.0440. The number of hydrogen-bond acceptors (Lipinski definition) is 5. The zero-order valence-corrected chi connectivity index (χ0v) is 11.3. The summed E-state index contributed by atoms with van der Waals surface area (Å²) in [6.07, 6.45) is 3.20. The minimum Gasteiger partial charge on any atom is -0.342 e. The molecule has 2 rings (SSSR count). The van der Waals surface area contributed by atoms with Crippen molar-refractivity contribution in [3.05, 3.63) is 46.0 Å². The summed E-state index contributed by atoms with van der Waals surface area (Å²) in [5.74, 6) is 0.279. The normalized spacial score (nSPS) is 18.4. The van der Waals surface area contributed by atoms with Crippen LogP contribution in [0.25, 0.3) is 6.08 Å². The van der Waals surface area contributed by atoms with E-state index in [1.165, 1.54) is 30.0 Å². The van der Waals surface area contributed by atoms with Gasteiger partial charge in [-0.25, -0.2) is 0 Å². The van der Waals surface area contributed by atoms with Crippen LogP contribution < -0.4 is 5.32 Å². The fraction of sp³-hybridized carbons (Fsp3) is 0.231. The lowest BCUT2D eigenvalue weighted by Gasteiger charge is -2.07. The van der Waals surface area contributed by atoms with E-state index in [0.717, 1.165) is 0 Å². The number of nitro groups is 1. The lowest BCUT2D eigenvalue weighted by atomic mass is 10.1. The standard InChI is InChI=1S/C13H12N2O4S/c16-12(14-10-7-8-20-13(10)17)6-5-9-3-1-2-4-11(9)15(18)19/h1-6,10H,7-8H2,(H,14,16). The summed E-state index contributed by atoms with van der Waals surface area (Å²) in [6.45, 7) is 0. The number of thioether (sulfide) groups is 1. The van der Waals surface area contributed by atoms with Crippen LogP contribution in [-0.2, 0) is 9.59 Å². The summed E-state index contributed by atoms with van der Waals surface area (Å²) >= 11 is 1.20.